The number of nitrogens with zero attached hydrogens (tertiary/aromatic N) is 2. The molecule has 0 aromatic carbocycles. The summed E-state index contributed by atoms with van der Waals surface area (Å²) in [5.74, 6) is 0.709. The van der Waals surface area contributed by atoms with E-state index in [2.05, 4.69) is 11.6 Å². The number of amidine groups is 1. The molecule has 7 heteroatoms. The Labute approximate surface area is 143 Å². The highest BCUT2D eigenvalue weighted by molar-refractivity contribution is 5.93. The molecule has 1 aliphatic carbocycles. The van der Waals surface area contributed by atoms with Crippen LogP contribution < -0.4 is 5.48 Å². The van der Waals surface area contributed by atoms with E-state index in [9.17, 15) is 4.79 Å². The summed E-state index contributed by atoms with van der Waals surface area (Å²) in [6, 6.07) is 0. The molecule has 0 amide bonds. The summed E-state index contributed by atoms with van der Waals surface area (Å²) in [6.45, 7) is 7.79. The maximum atomic E-state index is 12.0. The molecule has 1 aliphatic heterocycles. The van der Waals surface area contributed by atoms with Gasteiger partial charge in [0.1, 0.15) is 18.7 Å². The number of carbonyl (C=O) groups is 1. The van der Waals surface area contributed by atoms with Crippen LogP contribution in [0.5, 0.6) is 0 Å². The van der Waals surface area contributed by atoms with Crippen molar-refractivity contribution in [3.05, 3.63) is 24.7 Å². The van der Waals surface area contributed by atoms with Crippen LogP contribution in [0.3, 0.4) is 0 Å². The molecule has 7 nitrogen and oxygen atoms in total. The topological polar surface area (TPSA) is 83.4 Å². The number of esters is 1. The van der Waals surface area contributed by atoms with Crippen LogP contribution in [0.15, 0.2) is 29.7 Å². The van der Waals surface area contributed by atoms with E-state index in [4.69, 9.17) is 14.7 Å². The zero-order valence-electron chi connectivity index (χ0n) is 14.4. The van der Waals surface area contributed by atoms with Crippen molar-refractivity contribution in [3.8, 4) is 0 Å². The molecule has 1 heterocycles. The summed E-state index contributed by atoms with van der Waals surface area (Å²) in [6.07, 6.45) is 8.07. The van der Waals surface area contributed by atoms with Crippen LogP contribution in [0.2, 0.25) is 0 Å². The predicted molar refractivity (Wildman–Crippen MR) is 90.0 cm³/mol. The fourth-order valence-corrected chi connectivity index (χ4v) is 2.96. The first-order valence-electron chi connectivity index (χ1n) is 8.47. The highest BCUT2D eigenvalue weighted by atomic mass is 16.6. The SMILES string of the molecule is C=C1N=C(NO)C=CN1C(C)OC(C)COC(=O)C1CCCCC1. The lowest BCUT2D eigenvalue weighted by molar-refractivity contribution is -0.156. The Morgan fingerprint density at radius 3 is 2.79 bits per heavy atom. The number of aliphatic imine (C=N–C) groups is 1. The number of hydroxylamine groups is 1. The molecule has 2 rings (SSSR count). The van der Waals surface area contributed by atoms with Crippen molar-refractivity contribution in [1.29, 1.82) is 0 Å². The van der Waals surface area contributed by atoms with Crippen molar-refractivity contribution in [2.24, 2.45) is 10.9 Å². The van der Waals surface area contributed by atoms with Crippen LogP contribution in [-0.4, -0.2) is 40.9 Å². The normalized spacial score (nSPS) is 21.2. The number of nitrogens with one attached hydrogen (secondary N) is 1. The average molecular weight is 337 g/mol. The van der Waals surface area contributed by atoms with Gasteiger partial charge in [-0.25, -0.2) is 4.99 Å². The van der Waals surface area contributed by atoms with Gasteiger partial charge in [-0.15, -0.1) is 0 Å². The summed E-state index contributed by atoms with van der Waals surface area (Å²) in [4.78, 5) is 17.9. The molecular formula is C17H27N3O4. The molecule has 2 N–H and O–H groups in total. The molecule has 24 heavy (non-hydrogen) atoms. The van der Waals surface area contributed by atoms with Crippen molar-refractivity contribution in [2.75, 3.05) is 6.61 Å². The molecule has 2 atom stereocenters. The Bertz CT molecular complexity index is 512. The minimum Gasteiger partial charge on any atom is -0.463 e. The van der Waals surface area contributed by atoms with Gasteiger partial charge in [0, 0.05) is 6.20 Å². The standard InChI is InChI=1S/C17H27N3O4/c1-12(11-23-17(21)15-7-5-4-6-8-15)24-14(3)20-10-9-16(19-22)18-13(20)2/h9-10,12,14-15,22H,2,4-8,11H2,1,3H3,(H,18,19). The Morgan fingerprint density at radius 1 is 1.46 bits per heavy atom. The van der Waals surface area contributed by atoms with Crippen molar-refractivity contribution >= 4 is 11.8 Å². The van der Waals surface area contributed by atoms with E-state index in [1.807, 2.05) is 19.3 Å². The smallest absolute Gasteiger partial charge is 0.309 e. The highest BCUT2D eigenvalue weighted by Gasteiger charge is 2.24. The third-order valence-corrected chi connectivity index (χ3v) is 4.27. The Morgan fingerprint density at radius 2 is 2.17 bits per heavy atom. The van der Waals surface area contributed by atoms with Crippen LogP contribution >= 0.6 is 0 Å². The van der Waals surface area contributed by atoms with E-state index in [-0.39, 0.29) is 30.8 Å². The van der Waals surface area contributed by atoms with Crippen LogP contribution in [0.25, 0.3) is 0 Å². The fourth-order valence-electron chi connectivity index (χ4n) is 2.96. The monoisotopic (exact) mass is 337 g/mol. The first kappa shape index (κ1) is 18.5. The fraction of sp³-hybridized carbons (Fsp3) is 0.647. The van der Waals surface area contributed by atoms with Gasteiger partial charge < -0.3 is 14.4 Å². The Kier molecular flexibility index (Phi) is 6.81. The Hall–Kier alpha value is -1.86. The summed E-state index contributed by atoms with van der Waals surface area (Å²) in [5, 5.41) is 8.84. The zero-order chi connectivity index (χ0) is 17.5. The number of hydrogen-bond acceptors (Lipinski definition) is 7. The molecule has 2 aliphatic rings. The Balaban J connectivity index is 1.74. The number of rotatable bonds is 6. The van der Waals surface area contributed by atoms with Crippen LogP contribution in [0.1, 0.15) is 46.0 Å². The lowest BCUT2D eigenvalue weighted by Crippen LogP contribution is -2.36. The summed E-state index contributed by atoms with van der Waals surface area (Å²) < 4.78 is 11.3. The van der Waals surface area contributed by atoms with E-state index >= 15 is 0 Å². The second kappa shape index (κ2) is 8.84. The van der Waals surface area contributed by atoms with E-state index in [1.54, 1.807) is 17.2 Å². The van der Waals surface area contributed by atoms with Gasteiger partial charge in [-0.1, -0.05) is 25.8 Å². The van der Waals surface area contributed by atoms with E-state index in [0.29, 0.717) is 11.7 Å². The quantitative estimate of drug-likeness (QED) is 0.572. The molecule has 0 aromatic heterocycles. The first-order valence-corrected chi connectivity index (χ1v) is 8.47. The number of ether oxygens (including phenoxy) is 2. The van der Waals surface area contributed by atoms with Gasteiger partial charge >= 0.3 is 5.97 Å². The molecular weight excluding hydrogens is 310 g/mol. The van der Waals surface area contributed by atoms with Gasteiger partial charge in [0.2, 0.25) is 0 Å². The number of carbonyl (C=O) groups excluding carboxylic acids is 1. The molecule has 1 fully saturated rings. The summed E-state index contributed by atoms with van der Waals surface area (Å²) >= 11 is 0. The molecule has 2 unspecified atom stereocenters. The lowest BCUT2D eigenvalue weighted by Gasteiger charge is -2.31. The minimum atomic E-state index is -0.318. The van der Waals surface area contributed by atoms with Crippen molar-refractivity contribution < 1.29 is 19.5 Å². The molecule has 134 valence electrons. The predicted octanol–water partition coefficient (Wildman–Crippen LogP) is 2.54. The van der Waals surface area contributed by atoms with Gasteiger partial charge in [0.05, 0.1) is 12.0 Å². The van der Waals surface area contributed by atoms with Gasteiger partial charge in [0.25, 0.3) is 0 Å². The van der Waals surface area contributed by atoms with Gasteiger partial charge in [-0.05, 0) is 32.8 Å². The molecule has 0 aromatic rings. The second-order valence-corrected chi connectivity index (χ2v) is 6.26. The third kappa shape index (κ3) is 5.07. The van der Waals surface area contributed by atoms with E-state index < -0.39 is 0 Å². The molecule has 1 saturated carbocycles. The van der Waals surface area contributed by atoms with Crippen LogP contribution in [0.4, 0.5) is 0 Å². The maximum absolute atomic E-state index is 12.0. The largest absolute Gasteiger partial charge is 0.463 e. The van der Waals surface area contributed by atoms with E-state index in [1.165, 1.54) is 6.42 Å². The van der Waals surface area contributed by atoms with Gasteiger partial charge in [-0.3, -0.25) is 15.5 Å². The molecule has 0 spiro atoms. The molecule has 0 bridgehead atoms. The lowest BCUT2D eigenvalue weighted by atomic mass is 9.89. The van der Waals surface area contributed by atoms with Crippen molar-refractivity contribution in [1.82, 2.24) is 10.4 Å². The number of hydrogen-bond donors (Lipinski definition) is 2. The summed E-state index contributed by atoms with van der Waals surface area (Å²) in [7, 11) is 0. The van der Waals surface area contributed by atoms with Crippen molar-refractivity contribution in [2.45, 2.75) is 58.3 Å². The third-order valence-electron chi connectivity index (χ3n) is 4.27. The van der Waals surface area contributed by atoms with Crippen molar-refractivity contribution in [3.63, 3.8) is 0 Å². The highest BCUT2D eigenvalue weighted by Crippen LogP contribution is 2.24. The van der Waals surface area contributed by atoms with Gasteiger partial charge in [-0.2, -0.15) is 0 Å². The van der Waals surface area contributed by atoms with Crippen LogP contribution in [-0.2, 0) is 14.3 Å². The first-order chi connectivity index (χ1) is 11.5. The van der Waals surface area contributed by atoms with Gasteiger partial charge in [0.15, 0.2) is 5.84 Å². The average Bonchev–Trinajstić information content (AvgIpc) is 2.60. The second-order valence-electron chi connectivity index (χ2n) is 6.26. The molecule has 0 radical (unpaired) electrons. The molecule has 0 saturated heterocycles. The summed E-state index contributed by atoms with van der Waals surface area (Å²) in [5.41, 5.74) is 1.98. The maximum Gasteiger partial charge on any atom is 0.309 e. The van der Waals surface area contributed by atoms with E-state index in [0.717, 1.165) is 25.7 Å². The minimum absolute atomic E-state index is 0.0481. The zero-order valence-corrected chi connectivity index (χ0v) is 14.4. The van der Waals surface area contributed by atoms with Crippen LogP contribution in [0, 0.1) is 5.92 Å².